The molecule has 0 radical (unpaired) electrons. The highest BCUT2D eigenvalue weighted by Crippen LogP contribution is 2.60. The molecule has 1 amide bonds. The number of carbonyl (C=O) groups excluding carboxylic acids is 1. The number of alkyl halides is 3. The number of nitrogens with one attached hydrogen (secondary N) is 1. The zero-order chi connectivity index (χ0) is 19.9. The van der Waals surface area contributed by atoms with Crippen LogP contribution >= 0.6 is 0 Å². The predicted octanol–water partition coefficient (Wildman–Crippen LogP) is 2.63. The van der Waals surface area contributed by atoms with Crippen molar-refractivity contribution in [2.75, 3.05) is 13.2 Å². The lowest BCUT2D eigenvalue weighted by atomic mass is 9.78. The maximum absolute atomic E-state index is 12.5. The molecule has 1 aliphatic carbocycles. The Hall–Kier alpha value is -2.03. The summed E-state index contributed by atoms with van der Waals surface area (Å²) in [6.07, 6.45) is -1.01. The SMILES string of the molecule is CC1(C)CC12CC(C(COc1ncccc1OC(F)(F)F)C(N)=O)CCN2. The molecule has 3 unspecified atom stereocenters. The summed E-state index contributed by atoms with van der Waals surface area (Å²) >= 11 is 0. The molecular weight excluding hydrogens is 363 g/mol. The van der Waals surface area contributed by atoms with Crippen LogP contribution in [0.4, 0.5) is 13.2 Å². The molecule has 3 rings (SSSR count). The van der Waals surface area contributed by atoms with Crippen molar-refractivity contribution in [3.63, 3.8) is 0 Å². The first-order chi connectivity index (χ1) is 12.5. The van der Waals surface area contributed by atoms with E-state index < -0.39 is 23.9 Å². The fraction of sp³-hybridized carbons (Fsp3) is 0.667. The molecule has 3 atom stereocenters. The molecule has 27 heavy (non-hydrogen) atoms. The van der Waals surface area contributed by atoms with Crippen molar-refractivity contribution in [2.24, 2.45) is 23.0 Å². The van der Waals surface area contributed by atoms with E-state index in [-0.39, 0.29) is 29.4 Å². The zero-order valence-corrected chi connectivity index (χ0v) is 15.3. The molecule has 1 aromatic heterocycles. The van der Waals surface area contributed by atoms with Crippen molar-refractivity contribution in [2.45, 2.75) is 45.0 Å². The van der Waals surface area contributed by atoms with Crippen LogP contribution in [0.2, 0.25) is 0 Å². The lowest BCUT2D eigenvalue weighted by molar-refractivity contribution is -0.275. The van der Waals surface area contributed by atoms with Crippen LogP contribution in [-0.4, -0.2) is 35.9 Å². The van der Waals surface area contributed by atoms with Gasteiger partial charge in [-0.25, -0.2) is 4.98 Å². The number of hydrogen-bond donors (Lipinski definition) is 2. The Labute approximate surface area is 155 Å². The number of hydrogen-bond acceptors (Lipinski definition) is 5. The molecule has 2 aliphatic rings. The van der Waals surface area contributed by atoms with Crippen molar-refractivity contribution in [3.8, 4) is 11.6 Å². The highest BCUT2D eigenvalue weighted by atomic mass is 19.4. The van der Waals surface area contributed by atoms with Crippen LogP contribution in [0.5, 0.6) is 11.6 Å². The number of rotatable bonds is 6. The van der Waals surface area contributed by atoms with E-state index in [1.165, 1.54) is 12.3 Å². The molecule has 1 aliphatic heterocycles. The minimum atomic E-state index is -4.86. The summed E-state index contributed by atoms with van der Waals surface area (Å²) in [7, 11) is 0. The molecule has 150 valence electrons. The molecule has 1 saturated heterocycles. The van der Waals surface area contributed by atoms with Crippen molar-refractivity contribution >= 4 is 5.91 Å². The number of pyridine rings is 1. The summed E-state index contributed by atoms with van der Waals surface area (Å²) in [5.41, 5.74) is 5.73. The number of nitrogens with two attached hydrogens (primary N) is 1. The first kappa shape index (κ1) is 19.7. The predicted molar refractivity (Wildman–Crippen MR) is 91.0 cm³/mol. The molecule has 1 spiro atoms. The van der Waals surface area contributed by atoms with Gasteiger partial charge in [0.1, 0.15) is 6.61 Å². The topological polar surface area (TPSA) is 86.5 Å². The minimum absolute atomic E-state index is 0.000824. The normalized spacial score (nSPS) is 27.8. The molecule has 0 bridgehead atoms. The van der Waals surface area contributed by atoms with E-state index in [0.717, 1.165) is 31.9 Å². The smallest absolute Gasteiger partial charge is 0.474 e. The van der Waals surface area contributed by atoms with Crippen LogP contribution in [0, 0.1) is 17.3 Å². The van der Waals surface area contributed by atoms with Gasteiger partial charge in [0.25, 0.3) is 5.88 Å². The number of amides is 1. The first-order valence-electron chi connectivity index (χ1n) is 8.91. The summed E-state index contributed by atoms with van der Waals surface area (Å²) in [4.78, 5) is 15.8. The van der Waals surface area contributed by atoms with Gasteiger partial charge < -0.3 is 20.5 Å². The highest BCUT2D eigenvalue weighted by Gasteiger charge is 2.62. The monoisotopic (exact) mass is 387 g/mol. The van der Waals surface area contributed by atoms with Crippen LogP contribution in [-0.2, 0) is 4.79 Å². The van der Waals surface area contributed by atoms with Crippen LogP contribution in [0.25, 0.3) is 0 Å². The second kappa shape index (κ2) is 6.85. The third-order valence-corrected chi connectivity index (χ3v) is 5.80. The quantitative estimate of drug-likeness (QED) is 0.784. The lowest BCUT2D eigenvalue weighted by Crippen LogP contribution is -2.48. The molecule has 1 aromatic rings. The van der Waals surface area contributed by atoms with E-state index in [9.17, 15) is 18.0 Å². The molecular formula is C18H24F3N3O3. The largest absolute Gasteiger partial charge is 0.573 e. The maximum atomic E-state index is 12.5. The number of ether oxygens (including phenoxy) is 2. The number of aromatic nitrogens is 1. The van der Waals surface area contributed by atoms with Gasteiger partial charge in [-0.1, -0.05) is 13.8 Å². The van der Waals surface area contributed by atoms with Gasteiger partial charge in [0.2, 0.25) is 5.91 Å². The molecule has 6 nitrogen and oxygen atoms in total. The van der Waals surface area contributed by atoms with Gasteiger partial charge in [-0.05, 0) is 49.3 Å². The van der Waals surface area contributed by atoms with Crippen molar-refractivity contribution in [1.29, 1.82) is 0 Å². The van der Waals surface area contributed by atoms with Gasteiger partial charge in [-0.2, -0.15) is 0 Å². The highest BCUT2D eigenvalue weighted by molar-refractivity contribution is 5.77. The third-order valence-electron chi connectivity index (χ3n) is 5.80. The lowest BCUT2D eigenvalue weighted by Gasteiger charge is -2.36. The van der Waals surface area contributed by atoms with Crippen LogP contribution in [0.1, 0.15) is 33.1 Å². The summed E-state index contributed by atoms with van der Waals surface area (Å²) in [6.45, 7) is 4.98. The van der Waals surface area contributed by atoms with E-state index in [4.69, 9.17) is 10.5 Å². The summed E-state index contributed by atoms with van der Waals surface area (Å²) in [5.74, 6) is -1.98. The third kappa shape index (κ3) is 4.28. The minimum Gasteiger partial charge on any atom is -0.474 e. The van der Waals surface area contributed by atoms with E-state index >= 15 is 0 Å². The Kier molecular flexibility index (Phi) is 5.00. The summed E-state index contributed by atoms with van der Waals surface area (Å²) in [5, 5.41) is 3.54. The van der Waals surface area contributed by atoms with E-state index in [1.807, 2.05) is 0 Å². The fourth-order valence-electron chi connectivity index (χ4n) is 4.13. The second-order valence-corrected chi connectivity index (χ2v) is 8.00. The Morgan fingerprint density at radius 1 is 1.48 bits per heavy atom. The molecule has 1 saturated carbocycles. The van der Waals surface area contributed by atoms with Crippen LogP contribution in [0.3, 0.4) is 0 Å². The maximum Gasteiger partial charge on any atom is 0.573 e. The van der Waals surface area contributed by atoms with Gasteiger partial charge in [0, 0.05) is 11.7 Å². The number of primary amides is 1. The standard InChI is InChI=1S/C18H24F3N3O3/c1-16(2)10-17(16)8-11(5-7-24-17)12(14(22)25)9-26-15-13(4-3-6-23-15)27-18(19,20)21/h3-4,6,11-12,24H,5,7-10H2,1-2H3,(H2,22,25). The number of nitrogens with zero attached hydrogens (tertiary/aromatic N) is 1. The first-order valence-corrected chi connectivity index (χ1v) is 8.91. The number of halogens is 3. The van der Waals surface area contributed by atoms with Crippen LogP contribution < -0.4 is 20.5 Å². The van der Waals surface area contributed by atoms with Crippen LogP contribution in [0.15, 0.2) is 18.3 Å². The van der Waals surface area contributed by atoms with Gasteiger partial charge in [0.15, 0.2) is 5.75 Å². The Morgan fingerprint density at radius 2 is 2.19 bits per heavy atom. The summed E-state index contributed by atoms with van der Waals surface area (Å²) in [6, 6.07) is 2.42. The van der Waals surface area contributed by atoms with Gasteiger partial charge in [-0.3, -0.25) is 4.79 Å². The van der Waals surface area contributed by atoms with Crippen molar-refractivity contribution in [3.05, 3.63) is 18.3 Å². The van der Waals surface area contributed by atoms with E-state index in [0.29, 0.717) is 0 Å². The average molecular weight is 387 g/mol. The fourth-order valence-corrected chi connectivity index (χ4v) is 4.13. The second-order valence-electron chi connectivity index (χ2n) is 8.00. The van der Waals surface area contributed by atoms with Gasteiger partial charge >= 0.3 is 6.36 Å². The van der Waals surface area contributed by atoms with Gasteiger partial charge in [-0.15, -0.1) is 13.2 Å². The Balaban J connectivity index is 1.69. The van der Waals surface area contributed by atoms with Gasteiger partial charge in [0.05, 0.1) is 5.92 Å². The molecule has 0 aromatic carbocycles. The number of piperidine rings is 1. The average Bonchev–Trinajstić information content (AvgIpc) is 3.06. The molecule has 2 fully saturated rings. The Bertz CT molecular complexity index is 711. The summed E-state index contributed by atoms with van der Waals surface area (Å²) < 4.78 is 46.9. The number of carbonyl (C=O) groups is 1. The molecule has 3 N–H and O–H groups in total. The van der Waals surface area contributed by atoms with E-state index in [2.05, 4.69) is 28.9 Å². The van der Waals surface area contributed by atoms with Crippen molar-refractivity contribution < 1.29 is 27.4 Å². The Morgan fingerprint density at radius 3 is 2.78 bits per heavy atom. The zero-order valence-electron chi connectivity index (χ0n) is 15.3. The van der Waals surface area contributed by atoms with Crippen molar-refractivity contribution in [1.82, 2.24) is 10.3 Å². The van der Waals surface area contributed by atoms with E-state index in [1.54, 1.807) is 0 Å². The molecule has 2 heterocycles. The molecule has 9 heteroatoms.